The average Bonchev–Trinajstić information content (AvgIpc) is 3.08. The number of hydrogen-bond acceptors (Lipinski definition) is 3. The number of carbonyl (C=O) groups is 1. The first-order chi connectivity index (χ1) is 9.65. The minimum Gasteiger partial charge on any atom is -0.292 e. The molecule has 1 heterocycles. The Morgan fingerprint density at radius 2 is 1.90 bits per heavy atom. The van der Waals surface area contributed by atoms with E-state index in [-0.39, 0.29) is 5.78 Å². The standard InChI is InChI=1S/C16H16ClNOS/c1-10(19)16-18-14(11-4-2-3-5-11)15(20-16)12-6-8-13(17)9-7-12/h6-9,11H,2-5H2,1H3. The van der Waals surface area contributed by atoms with Crippen molar-refractivity contribution in [2.75, 3.05) is 0 Å². The highest BCUT2D eigenvalue weighted by Gasteiger charge is 2.25. The van der Waals surface area contributed by atoms with E-state index in [9.17, 15) is 4.79 Å². The minimum absolute atomic E-state index is 0.0504. The molecule has 1 aliphatic rings. The molecule has 2 aromatic rings. The molecule has 0 atom stereocenters. The highest BCUT2D eigenvalue weighted by Crippen LogP contribution is 2.41. The van der Waals surface area contributed by atoms with Crippen molar-refractivity contribution in [2.24, 2.45) is 0 Å². The number of ketones is 1. The highest BCUT2D eigenvalue weighted by molar-refractivity contribution is 7.17. The third-order valence-electron chi connectivity index (χ3n) is 3.80. The van der Waals surface area contributed by atoms with Crippen molar-refractivity contribution in [2.45, 2.75) is 38.5 Å². The lowest BCUT2D eigenvalue weighted by Gasteiger charge is -2.08. The molecule has 104 valence electrons. The summed E-state index contributed by atoms with van der Waals surface area (Å²) < 4.78 is 0. The molecule has 3 rings (SSSR count). The number of halogens is 1. The lowest BCUT2D eigenvalue weighted by molar-refractivity contribution is 0.101. The minimum atomic E-state index is 0.0504. The van der Waals surface area contributed by atoms with Crippen LogP contribution in [-0.4, -0.2) is 10.8 Å². The summed E-state index contributed by atoms with van der Waals surface area (Å²) in [4.78, 5) is 17.4. The van der Waals surface area contributed by atoms with Crippen LogP contribution in [0.5, 0.6) is 0 Å². The van der Waals surface area contributed by atoms with E-state index >= 15 is 0 Å². The van der Waals surface area contributed by atoms with Crippen LogP contribution in [0.15, 0.2) is 24.3 Å². The van der Waals surface area contributed by atoms with E-state index in [0.717, 1.165) is 21.2 Å². The molecule has 1 aromatic carbocycles. The number of thiazole rings is 1. The van der Waals surface area contributed by atoms with Crippen LogP contribution in [0.3, 0.4) is 0 Å². The molecule has 0 spiro atoms. The van der Waals surface area contributed by atoms with Gasteiger partial charge in [0.15, 0.2) is 10.8 Å². The number of hydrogen-bond donors (Lipinski definition) is 0. The van der Waals surface area contributed by atoms with Crippen LogP contribution in [0, 0.1) is 0 Å². The Labute approximate surface area is 127 Å². The van der Waals surface area contributed by atoms with Gasteiger partial charge in [-0.2, -0.15) is 0 Å². The topological polar surface area (TPSA) is 30.0 Å². The maximum atomic E-state index is 11.6. The molecule has 4 heteroatoms. The zero-order valence-corrected chi connectivity index (χ0v) is 12.9. The van der Waals surface area contributed by atoms with E-state index in [1.807, 2.05) is 24.3 Å². The van der Waals surface area contributed by atoms with Crippen molar-refractivity contribution >= 4 is 28.7 Å². The van der Waals surface area contributed by atoms with Crippen molar-refractivity contribution in [3.8, 4) is 10.4 Å². The molecule has 2 nitrogen and oxygen atoms in total. The summed E-state index contributed by atoms with van der Waals surface area (Å²) in [5.41, 5.74) is 2.22. The maximum absolute atomic E-state index is 11.6. The molecule has 0 radical (unpaired) electrons. The van der Waals surface area contributed by atoms with Crippen LogP contribution in [0.2, 0.25) is 5.02 Å². The fourth-order valence-corrected chi connectivity index (χ4v) is 3.94. The SMILES string of the molecule is CC(=O)c1nc(C2CCCC2)c(-c2ccc(Cl)cc2)s1. The van der Waals surface area contributed by atoms with Gasteiger partial charge in [-0.1, -0.05) is 36.6 Å². The van der Waals surface area contributed by atoms with Gasteiger partial charge in [0, 0.05) is 17.9 Å². The number of benzene rings is 1. The Bertz CT molecular complexity index is 626. The van der Waals surface area contributed by atoms with Crippen LogP contribution in [0.4, 0.5) is 0 Å². The summed E-state index contributed by atoms with van der Waals surface area (Å²) in [5, 5.41) is 1.35. The second-order valence-corrected chi connectivity index (χ2v) is 6.71. The Hall–Kier alpha value is -1.19. The van der Waals surface area contributed by atoms with Gasteiger partial charge in [0.1, 0.15) is 0 Å². The van der Waals surface area contributed by atoms with Crippen LogP contribution >= 0.6 is 22.9 Å². The van der Waals surface area contributed by atoms with Crippen LogP contribution in [0.25, 0.3) is 10.4 Å². The van der Waals surface area contributed by atoms with Gasteiger partial charge in [-0.05, 0) is 30.5 Å². The first-order valence-corrected chi connectivity index (χ1v) is 8.12. The number of nitrogens with zero attached hydrogens (tertiary/aromatic N) is 1. The number of rotatable bonds is 3. The summed E-state index contributed by atoms with van der Waals surface area (Å²) in [6.07, 6.45) is 4.89. The highest BCUT2D eigenvalue weighted by atomic mass is 35.5. The second kappa shape index (κ2) is 5.66. The molecule has 0 unspecified atom stereocenters. The summed E-state index contributed by atoms with van der Waals surface area (Å²) in [7, 11) is 0. The number of Topliss-reactive ketones (excluding diaryl/α,β-unsaturated/α-hetero) is 1. The van der Waals surface area contributed by atoms with Gasteiger partial charge < -0.3 is 0 Å². The monoisotopic (exact) mass is 305 g/mol. The fraction of sp³-hybridized carbons (Fsp3) is 0.375. The Balaban J connectivity index is 2.07. The van der Waals surface area contributed by atoms with Crippen molar-refractivity contribution in [1.82, 2.24) is 4.98 Å². The van der Waals surface area contributed by atoms with Gasteiger partial charge in [-0.25, -0.2) is 4.98 Å². The van der Waals surface area contributed by atoms with Gasteiger partial charge in [0.25, 0.3) is 0 Å². The van der Waals surface area contributed by atoms with E-state index in [2.05, 4.69) is 4.98 Å². The lowest BCUT2D eigenvalue weighted by Crippen LogP contribution is -1.97. The molecular weight excluding hydrogens is 290 g/mol. The first kappa shape index (κ1) is 13.8. The maximum Gasteiger partial charge on any atom is 0.188 e. The number of aromatic nitrogens is 1. The molecular formula is C16H16ClNOS. The van der Waals surface area contributed by atoms with E-state index < -0.39 is 0 Å². The average molecular weight is 306 g/mol. The quantitative estimate of drug-likeness (QED) is 0.718. The largest absolute Gasteiger partial charge is 0.292 e. The molecule has 1 saturated carbocycles. The summed E-state index contributed by atoms with van der Waals surface area (Å²) in [5.74, 6) is 0.555. The number of carbonyl (C=O) groups excluding carboxylic acids is 1. The van der Waals surface area contributed by atoms with Crippen LogP contribution < -0.4 is 0 Å². The van der Waals surface area contributed by atoms with E-state index in [4.69, 9.17) is 11.6 Å². The van der Waals surface area contributed by atoms with E-state index in [0.29, 0.717) is 10.9 Å². The van der Waals surface area contributed by atoms with Gasteiger partial charge in [-0.15, -0.1) is 11.3 Å². The third kappa shape index (κ3) is 2.65. The zero-order chi connectivity index (χ0) is 14.1. The molecule has 0 amide bonds. The molecule has 20 heavy (non-hydrogen) atoms. The van der Waals surface area contributed by atoms with Crippen molar-refractivity contribution in [1.29, 1.82) is 0 Å². The van der Waals surface area contributed by atoms with E-state index in [1.165, 1.54) is 37.0 Å². The van der Waals surface area contributed by atoms with Crippen LogP contribution in [-0.2, 0) is 0 Å². The van der Waals surface area contributed by atoms with Gasteiger partial charge >= 0.3 is 0 Å². The normalized spacial score (nSPS) is 15.7. The Morgan fingerprint density at radius 3 is 2.50 bits per heavy atom. The predicted octanol–water partition coefficient (Wildman–Crippen LogP) is 5.32. The van der Waals surface area contributed by atoms with Crippen molar-refractivity contribution in [3.63, 3.8) is 0 Å². The lowest BCUT2D eigenvalue weighted by atomic mass is 10.0. The Morgan fingerprint density at radius 1 is 1.25 bits per heavy atom. The van der Waals surface area contributed by atoms with Gasteiger partial charge in [-0.3, -0.25) is 4.79 Å². The summed E-state index contributed by atoms with van der Waals surface area (Å²) in [6.45, 7) is 1.59. The predicted molar refractivity (Wildman–Crippen MR) is 83.8 cm³/mol. The molecule has 0 aliphatic heterocycles. The summed E-state index contributed by atoms with van der Waals surface area (Å²) >= 11 is 7.47. The molecule has 0 saturated heterocycles. The molecule has 1 aliphatic carbocycles. The fourth-order valence-electron chi connectivity index (χ4n) is 2.77. The van der Waals surface area contributed by atoms with Crippen molar-refractivity contribution in [3.05, 3.63) is 40.0 Å². The molecule has 1 fully saturated rings. The van der Waals surface area contributed by atoms with Crippen molar-refractivity contribution < 1.29 is 4.79 Å². The second-order valence-electron chi connectivity index (χ2n) is 5.28. The third-order valence-corrected chi connectivity index (χ3v) is 5.28. The molecule has 0 N–H and O–H groups in total. The van der Waals surface area contributed by atoms with E-state index in [1.54, 1.807) is 6.92 Å². The smallest absolute Gasteiger partial charge is 0.188 e. The Kier molecular flexibility index (Phi) is 3.90. The summed E-state index contributed by atoms with van der Waals surface area (Å²) in [6, 6.07) is 7.81. The van der Waals surface area contributed by atoms with Crippen LogP contribution in [0.1, 0.15) is 54.0 Å². The molecule has 0 bridgehead atoms. The van der Waals surface area contributed by atoms with Gasteiger partial charge in [0.2, 0.25) is 0 Å². The molecule has 1 aromatic heterocycles. The van der Waals surface area contributed by atoms with Gasteiger partial charge in [0.05, 0.1) is 10.6 Å². The first-order valence-electron chi connectivity index (χ1n) is 6.93. The zero-order valence-electron chi connectivity index (χ0n) is 11.4.